The second-order valence-electron chi connectivity index (χ2n) is 5.95. The quantitative estimate of drug-likeness (QED) is 0.839. The van der Waals surface area contributed by atoms with Crippen LogP contribution in [0.15, 0.2) is 54.6 Å². The Morgan fingerprint density at radius 1 is 0.958 bits per heavy atom. The number of amides is 1. The molecule has 0 bridgehead atoms. The van der Waals surface area contributed by atoms with Gasteiger partial charge in [0.2, 0.25) is 0 Å². The van der Waals surface area contributed by atoms with Crippen molar-refractivity contribution >= 4 is 5.91 Å². The van der Waals surface area contributed by atoms with Gasteiger partial charge in [0.1, 0.15) is 11.9 Å². The lowest BCUT2D eigenvalue weighted by Crippen LogP contribution is -2.29. The molecule has 0 radical (unpaired) electrons. The minimum atomic E-state index is -0.660. The van der Waals surface area contributed by atoms with E-state index in [4.69, 9.17) is 9.47 Å². The summed E-state index contributed by atoms with van der Waals surface area (Å²) in [6.45, 7) is 4.21. The van der Waals surface area contributed by atoms with Gasteiger partial charge in [0.15, 0.2) is 6.10 Å². The van der Waals surface area contributed by atoms with E-state index < -0.39 is 6.10 Å². The van der Waals surface area contributed by atoms with Gasteiger partial charge in [0.05, 0.1) is 0 Å². The fraction of sp³-hybridized carbons (Fsp3) is 0.350. The zero-order valence-corrected chi connectivity index (χ0v) is 14.7. The SMILES string of the molecule is CNC(=O)C(OC)c1ccccc1C(Oc1ccccc1)C(C)C. The molecule has 4 nitrogen and oxygen atoms in total. The van der Waals surface area contributed by atoms with Gasteiger partial charge in [-0.1, -0.05) is 56.3 Å². The van der Waals surface area contributed by atoms with Crippen LogP contribution in [0.25, 0.3) is 0 Å². The molecule has 2 unspecified atom stereocenters. The van der Waals surface area contributed by atoms with Gasteiger partial charge in [-0.05, 0) is 29.2 Å². The fourth-order valence-corrected chi connectivity index (χ4v) is 2.72. The van der Waals surface area contributed by atoms with Gasteiger partial charge < -0.3 is 14.8 Å². The molecule has 2 rings (SSSR count). The first-order valence-corrected chi connectivity index (χ1v) is 8.13. The van der Waals surface area contributed by atoms with Crippen molar-refractivity contribution in [2.24, 2.45) is 5.92 Å². The molecule has 1 amide bonds. The van der Waals surface area contributed by atoms with Gasteiger partial charge in [-0.25, -0.2) is 0 Å². The Bertz CT molecular complexity index is 655. The molecule has 0 spiro atoms. The number of likely N-dealkylation sites (N-methyl/N-ethyl adjacent to an activating group) is 1. The smallest absolute Gasteiger partial charge is 0.253 e. The molecule has 24 heavy (non-hydrogen) atoms. The first-order chi connectivity index (χ1) is 11.6. The van der Waals surface area contributed by atoms with Crippen LogP contribution in [0.3, 0.4) is 0 Å². The Hall–Kier alpha value is -2.33. The van der Waals surface area contributed by atoms with Gasteiger partial charge in [-0.2, -0.15) is 0 Å². The number of methoxy groups -OCH3 is 1. The maximum Gasteiger partial charge on any atom is 0.253 e. The average Bonchev–Trinajstić information content (AvgIpc) is 2.61. The molecular formula is C20H25NO3. The highest BCUT2D eigenvalue weighted by Gasteiger charge is 2.27. The Morgan fingerprint density at radius 3 is 2.08 bits per heavy atom. The maximum absolute atomic E-state index is 12.2. The summed E-state index contributed by atoms with van der Waals surface area (Å²) in [5.41, 5.74) is 1.79. The highest BCUT2D eigenvalue weighted by Crippen LogP contribution is 2.33. The number of hydrogen-bond donors (Lipinski definition) is 1. The molecule has 0 aromatic heterocycles. The summed E-state index contributed by atoms with van der Waals surface area (Å²) in [6, 6.07) is 17.5. The number of carbonyl (C=O) groups is 1. The van der Waals surface area contributed by atoms with E-state index in [1.165, 1.54) is 0 Å². The van der Waals surface area contributed by atoms with Crippen molar-refractivity contribution < 1.29 is 14.3 Å². The lowest BCUT2D eigenvalue weighted by molar-refractivity contribution is -0.131. The van der Waals surface area contributed by atoms with Crippen molar-refractivity contribution in [3.05, 3.63) is 65.7 Å². The van der Waals surface area contributed by atoms with Crippen molar-refractivity contribution in [1.29, 1.82) is 0 Å². The van der Waals surface area contributed by atoms with Gasteiger partial charge in [-0.3, -0.25) is 4.79 Å². The van der Waals surface area contributed by atoms with Crippen LogP contribution in [-0.4, -0.2) is 20.1 Å². The van der Waals surface area contributed by atoms with Crippen LogP contribution in [-0.2, 0) is 9.53 Å². The van der Waals surface area contributed by atoms with Crippen LogP contribution >= 0.6 is 0 Å². The number of carbonyl (C=O) groups excluding carboxylic acids is 1. The van der Waals surface area contributed by atoms with Crippen LogP contribution in [0.5, 0.6) is 5.75 Å². The standard InChI is InChI=1S/C20H25NO3/c1-14(2)18(24-15-10-6-5-7-11-15)16-12-8-9-13-17(16)19(23-4)20(22)21-3/h5-14,18-19H,1-4H3,(H,21,22). The Balaban J connectivity index is 2.42. The van der Waals surface area contributed by atoms with Gasteiger partial charge >= 0.3 is 0 Å². The summed E-state index contributed by atoms with van der Waals surface area (Å²) in [5, 5.41) is 2.65. The summed E-state index contributed by atoms with van der Waals surface area (Å²) in [4.78, 5) is 12.2. The Morgan fingerprint density at radius 2 is 1.54 bits per heavy atom. The summed E-state index contributed by atoms with van der Waals surface area (Å²) >= 11 is 0. The topological polar surface area (TPSA) is 47.6 Å². The molecule has 0 aliphatic rings. The fourth-order valence-electron chi connectivity index (χ4n) is 2.72. The first kappa shape index (κ1) is 18.0. The normalized spacial score (nSPS) is 13.4. The van der Waals surface area contributed by atoms with Crippen LogP contribution in [0.4, 0.5) is 0 Å². The summed E-state index contributed by atoms with van der Waals surface area (Å²) in [7, 11) is 3.15. The largest absolute Gasteiger partial charge is 0.485 e. The Kier molecular flexibility index (Phi) is 6.38. The third kappa shape index (κ3) is 4.15. The number of ether oxygens (including phenoxy) is 2. The summed E-state index contributed by atoms with van der Waals surface area (Å²) in [5.74, 6) is 0.862. The molecule has 2 atom stereocenters. The first-order valence-electron chi connectivity index (χ1n) is 8.13. The van der Waals surface area contributed by atoms with Gasteiger partial charge in [0, 0.05) is 14.2 Å². The van der Waals surface area contributed by atoms with E-state index in [1.807, 2.05) is 54.6 Å². The average molecular weight is 327 g/mol. The lowest BCUT2D eigenvalue weighted by atomic mass is 9.91. The molecular weight excluding hydrogens is 302 g/mol. The number of para-hydroxylation sites is 1. The molecule has 0 aliphatic carbocycles. The van der Waals surface area contributed by atoms with Crippen molar-refractivity contribution in [2.75, 3.05) is 14.2 Å². The number of nitrogens with one attached hydrogen (secondary N) is 1. The summed E-state index contributed by atoms with van der Waals surface area (Å²) in [6.07, 6.45) is -0.835. The van der Waals surface area contributed by atoms with Crippen LogP contribution in [0.1, 0.15) is 37.2 Å². The molecule has 0 saturated carbocycles. The van der Waals surface area contributed by atoms with Gasteiger partial charge in [-0.15, -0.1) is 0 Å². The minimum Gasteiger partial charge on any atom is -0.485 e. The van der Waals surface area contributed by atoms with E-state index in [9.17, 15) is 4.79 Å². The second kappa shape index (κ2) is 8.50. The van der Waals surface area contributed by atoms with Crippen LogP contribution in [0, 0.1) is 5.92 Å². The highest BCUT2D eigenvalue weighted by molar-refractivity contribution is 5.82. The number of benzene rings is 2. The van der Waals surface area contributed by atoms with E-state index in [-0.39, 0.29) is 17.9 Å². The monoisotopic (exact) mass is 327 g/mol. The Labute approximate surface area is 143 Å². The zero-order chi connectivity index (χ0) is 17.5. The molecule has 0 heterocycles. The maximum atomic E-state index is 12.2. The van der Waals surface area contributed by atoms with Crippen LogP contribution in [0.2, 0.25) is 0 Å². The number of hydrogen-bond acceptors (Lipinski definition) is 3. The summed E-state index contributed by atoms with van der Waals surface area (Å²) < 4.78 is 11.7. The molecule has 128 valence electrons. The van der Waals surface area contributed by atoms with E-state index in [1.54, 1.807) is 14.2 Å². The predicted molar refractivity (Wildman–Crippen MR) is 94.9 cm³/mol. The van der Waals surface area contributed by atoms with Gasteiger partial charge in [0.25, 0.3) is 5.91 Å². The molecule has 0 aliphatic heterocycles. The van der Waals surface area contributed by atoms with Crippen molar-refractivity contribution in [1.82, 2.24) is 5.32 Å². The number of rotatable bonds is 7. The third-order valence-corrected chi connectivity index (χ3v) is 3.92. The molecule has 1 N–H and O–H groups in total. The third-order valence-electron chi connectivity index (χ3n) is 3.92. The second-order valence-corrected chi connectivity index (χ2v) is 5.95. The van der Waals surface area contributed by atoms with E-state index in [0.29, 0.717) is 0 Å². The van der Waals surface area contributed by atoms with E-state index >= 15 is 0 Å². The zero-order valence-electron chi connectivity index (χ0n) is 14.7. The lowest BCUT2D eigenvalue weighted by Gasteiger charge is -2.27. The molecule has 2 aromatic rings. The molecule has 0 saturated heterocycles. The van der Waals surface area contributed by atoms with Crippen molar-refractivity contribution in [3.63, 3.8) is 0 Å². The predicted octanol–water partition coefficient (Wildman–Crippen LogP) is 3.90. The van der Waals surface area contributed by atoms with Crippen LogP contribution < -0.4 is 10.1 Å². The van der Waals surface area contributed by atoms with E-state index in [0.717, 1.165) is 16.9 Å². The minimum absolute atomic E-state index is 0.174. The van der Waals surface area contributed by atoms with Crippen molar-refractivity contribution in [3.8, 4) is 5.75 Å². The van der Waals surface area contributed by atoms with E-state index in [2.05, 4.69) is 19.2 Å². The molecule has 2 aromatic carbocycles. The van der Waals surface area contributed by atoms with Crippen molar-refractivity contribution in [2.45, 2.75) is 26.1 Å². The highest BCUT2D eigenvalue weighted by atomic mass is 16.5. The molecule has 4 heteroatoms. The molecule has 0 fully saturated rings.